The summed E-state index contributed by atoms with van der Waals surface area (Å²) in [5.41, 5.74) is 2.37. The van der Waals surface area contributed by atoms with Gasteiger partial charge in [-0.15, -0.1) is 0 Å². The number of fused-ring (bicyclic) bond motifs is 1. The predicted molar refractivity (Wildman–Crippen MR) is 135 cm³/mol. The van der Waals surface area contributed by atoms with Gasteiger partial charge in [0.2, 0.25) is 6.79 Å². The highest BCUT2D eigenvalue weighted by molar-refractivity contribution is 6.09. The molecule has 0 aromatic heterocycles. The Kier molecular flexibility index (Phi) is 6.54. The zero-order valence-corrected chi connectivity index (χ0v) is 20.9. The molecule has 2 aliphatic heterocycles. The molecule has 2 aromatic rings. The first-order valence-electron chi connectivity index (χ1n) is 12.4. The molecule has 9 nitrogen and oxygen atoms in total. The smallest absolute Gasteiger partial charge is 0.315 e. The van der Waals surface area contributed by atoms with Crippen LogP contribution in [0.4, 0.5) is 5.69 Å². The summed E-state index contributed by atoms with van der Waals surface area (Å²) in [6, 6.07) is 12.6. The number of esters is 1. The maximum absolute atomic E-state index is 13.7. The van der Waals surface area contributed by atoms with Crippen molar-refractivity contribution in [1.82, 2.24) is 0 Å². The van der Waals surface area contributed by atoms with Gasteiger partial charge < -0.3 is 14.2 Å². The van der Waals surface area contributed by atoms with Gasteiger partial charge in [-0.2, -0.15) is 0 Å². The minimum absolute atomic E-state index is 0.0629. The first-order valence-corrected chi connectivity index (χ1v) is 12.4. The van der Waals surface area contributed by atoms with Gasteiger partial charge in [-0.1, -0.05) is 44.2 Å². The van der Waals surface area contributed by atoms with E-state index >= 15 is 0 Å². The van der Waals surface area contributed by atoms with Crippen LogP contribution in [-0.4, -0.2) is 35.8 Å². The number of ketones is 1. The van der Waals surface area contributed by atoms with Crippen LogP contribution in [0.2, 0.25) is 0 Å². The zero-order chi connectivity index (χ0) is 26.3. The van der Waals surface area contributed by atoms with Crippen molar-refractivity contribution in [1.29, 1.82) is 0 Å². The van der Waals surface area contributed by atoms with Crippen LogP contribution in [-0.2, 0) is 14.3 Å². The molecule has 1 unspecified atom stereocenters. The first-order chi connectivity index (χ1) is 17.7. The zero-order valence-electron chi connectivity index (χ0n) is 20.9. The van der Waals surface area contributed by atoms with Gasteiger partial charge in [-0.05, 0) is 36.8 Å². The van der Waals surface area contributed by atoms with Gasteiger partial charge in [0.1, 0.15) is 5.92 Å². The van der Waals surface area contributed by atoms with E-state index in [1.54, 1.807) is 6.92 Å². The molecule has 2 heterocycles. The molecule has 3 aliphatic rings. The second-order valence-corrected chi connectivity index (χ2v) is 10.1. The second kappa shape index (κ2) is 9.80. The summed E-state index contributed by atoms with van der Waals surface area (Å²) in [5, 5.41) is 12.2. The van der Waals surface area contributed by atoms with Crippen molar-refractivity contribution >= 4 is 23.2 Å². The Balaban J connectivity index is 1.65. The molecule has 37 heavy (non-hydrogen) atoms. The number of aliphatic imine (C=N–C) groups is 1. The van der Waals surface area contributed by atoms with Gasteiger partial charge in [-0.25, -0.2) is 0 Å². The van der Waals surface area contributed by atoms with E-state index in [2.05, 4.69) is 0 Å². The highest BCUT2D eigenvalue weighted by Gasteiger charge is 2.47. The van der Waals surface area contributed by atoms with Crippen LogP contribution < -0.4 is 9.47 Å². The fraction of sp³-hybridized carbons (Fsp3) is 0.393. The molecule has 0 spiro atoms. The van der Waals surface area contributed by atoms with Crippen molar-refractivity contribution in [2.75, 3.05) is 13.4 Å². The van der Waals surface area contributed by atoms with Crippen molar-refractivity contribution in [2.45, 2.75) is 45.4 Å². The summed E-state index contributed by atoms with van der Waals surface area (Å²) >= 11 is 0. The lowest BCUT2D eigenvalue weighted by atomic mass is 9.69. The third-order valence-electron chi connectivity index (χ3n) is 7.03. The molecule has 0 bridgehead atoms. The molecular weight excluding hydrogens is 476 g/mol. The number of hydrogen-bond acceptors (Lipinski definition) is 8. The summed E-state index contributed by atoms with van der Waals surface area (Å²) in [7, 11) is 0. The van der Waals surface area contributed by atoms with Crippen LogP contribution in [0.5, 0.6) is 11.5 Å². The molecule has 1 aliphatic carbocycles. The molecule has 192 valence electrons. The van der Waals surface area contributed by atoms with Gasteiger partial charge in [0.05, 0.1) is 17.6 Å². The topological polar surface area (TPSA) is 117 Å². The second-order valence-electron chi connectivity index (χ2n) is 10.1. The SMILES string of the molecule is CC1=NC2=C(C(=O)C[C@H](c3ccccc3)C2)[C@H](c2cc3c(cc2[N+](=O)[O-])OCO3)C1C(=O)OCC(C)C. The Morgan fingerprint density at radius 3 is 2.54 bits per heavy atom. The molecule has 5 rings (SSSR count). The Labute approximate surface area is 214 Å². The number of carbonyl (C=O) groups is 2. The van der Waals surface area contributed by atoms with Gasteiger partial charge in [0.25, 0.3) is 5.69 Å². The molecular formula is C28H28N2O7. The van der Waals surface area contributed by atoms with E-state index in [9.17, 15) is 19.7 Å². The molecule has 3 atom stereocenters. The summed E-state index contributed by atoms with van der Waals surface area (Å²) in [4.78, 5) is 43.6. The van der Waals surface area contributed by atoms with Gasteiger partial charge in [-0.3, -0.25) is 24.7 Å². The number of nitrogens with zero attached hydrogens (tertiary/aromatic N) is 2. The number of allylic oxidation sites excluding steroid dienone is 2. The van der Waals surface area contributed by atoms with Crippen LogP contribution in [0.15, 0.2) is 58.7 Å². The summed E-state index contributed by atoms with van der Waals surface area (Å²) in [6.07, 6.45) is 0.713. The molecule has 9 heteroatoms. The molecule has 0 saturated heterocycles. The third-order valence-corrected chi connectivity index (χ3v) is 7.03. The van der Waals surface area contributed by atoms with Gasteiger partial charge >= 0.3 is 5.97 Å². The van der Waals surface area contributed by atoms with E-state index in [0.717, 1.165) is 5.56 Å². The van der Waals surface area contributed by atoms with E-state index < -0.39 is 22.7 Å². The van der Waals surface area contributed by atoms with Crippen molar-refractivity contribution in [3.05, 3.63) is 75.0 Å². The van der Waals surface area contributed by atoms with E-state index in [-0.39, 0.29) is 54.4 Å². The molecule has 0 radical (unpaired) electrons. The van der Waals surface area contributed by atoms with Crippen molar-refractivity contribution in [3.63, 3.8) is 0 Å². The lowest BCUT2D eigenvalue weighted by Crippen LogP contribution is -2.38. The summed E-state index contributed by atoms with van der Waals surface area (Å²) in [5.74, 6) is -2.02. The van der Waals surface area contributed by atoms with Crippen LogP contribution in [0.3, 0.4) is 0 Å². The molecule has 0 saturated carbocycles. The van der Waals surface area contributed by atoms with E-state index in [1.807, 2.05) is 44.2 Å². The number of hydrogen-bond donors (Lipinski definition) is 0. The number of rotatable bonds is 6. The standard InChI is InChI=1S/C28H28N2O7/c1-15(2)13-35-28(32)25-16(3)29-20-9-18(17-7-5-4-6-8-17)10-22(31)27(20)26(25)19-11-23-24(37-14-36-23)12-21(19)30(33)34/h4-8,11-12,15,18,25-26H,9-10,13-14H2,1-3H3/t18-,25?,26-/m1/s1. The minimum atomic E-state index is -0.978. The molecule has 0 amide bonds. The minimum Gasteiger partial charge on any atom is -0.465 e. The third kappa shape index (κ3) is 4.61. The van der Waals surface area contributed by atoms with E-state index in [0.29, 0.717) is 29.2 Å². The van der Waals surface area contributed by atoms with Crippen molar-refractivity contribution in [2.24, 2.45) is 16.8 Å². The molecule has 0 N–H and O–H groups in total. The summed E-state index contributed by atoms with van der Waals surface area (Å²) in [6.45, 7) is 5.68. The maximum Gasteiger partial charge on any atom is 0.315 e. The van der Waals surface area contributed by atoms with Crippen LogP contribution in [0, 0.1) is 22.0 Å². The van der Waals surface area contributed by atoms with Crippen LogP contribution >= 0.6 is 0 Å². The summed E-state index contributed by atoms with van der Waals surface area (Å²) < 4.78 is 16.5. The highest BCUT2D eigenvalue weighted by Crippen LogP contribution is 2.51. The van der Waals surface area contributed by atoms with E-state index in [4.69, 9.17) is 19.2 Å². The maximum atomic E-state index is 13.7. The highest BCUT2D eigenvalue weighted by atomic mass is 16.7. The fourth-order valence-corrected chi connectivity index (χ4v) is 5.35. The van der Waals surface area contributed by atoms with Crippen molar-refractivity contribution in [3.8, 4) is 11.5 Å². The molecule has 0 fully saturated rings. The van der Waals surface area contributed by atoms with Gasteiger partial charge in [0.15, 0.2) is 17.3 Å². The van der Waals surface area contributed by atoms with Crippen molar-refractivity contribution < 1.29 is 28.7 Å². The Bertz CT molecular complexity index is 1330. The largest absolute Gasteiger partial charge is 0.465 e. The Morgan fingerprint density at radius 1 is 1.16 bits per heavy atom. The van der Waals surface area contributed by atoms with Crippen LogP contribution in [0.25, 0.3) is 0 Å². The predicted octanol–water partition coefficient (Wildman–Crippen LogP) is 5.10. The normalized spacial score (nSPS) is 22.5. The average Bonchev–Trinajstić information content (AvgIpc) is 3.33. The number of nitro benzene ring substituents is 1. The number of benzene rings is 2. The molecule has 2 aromatic carbocycles. The quantitative estimate of drug-likeness (QED) is 0.305. The Morgan fingerprint density at radius 2 is 1.86 bits per heavy atom. The Hall–Kier alpha value is -4.01. The number of ether oxygens (including phenoxy) is 3. The average molecular weight is 505 g/mol. The lowest BCUT2D eigenvalue weighted by molar-refractivity contribution is -0.385. The number of Topliss-reactive ketones (excluding diaryl/α,β-unsaturated/α-hetero) is 1. The van der Waals surface area contributed by atoms with Gasteiger partial charge in [0, 0.05) is 34.9 Å². The number of nitro groups is 1. The van der Waals surface area contributed by atoms with E-state index in [1.165, 1.54) is 12.1 Å². The van der Waals surface area contributed by atoms with Crippen LogP contribution in [0.1, 0.15) is 56.6 Å². The fourth-order valence-electron chi connectivity index (χ4n) is 5.35. The lowest BCUT2D eigenvalue weighted by Gasteiger charge is -2.36. The number of carbonyl (C=O) groups excluding carboxylic acids is 2. The first kappa shape index (κ1) is 24.7. The monoisotopic (exact) mass is 504 g/mol.